The van der Waals surface area contributed by atoms with Crippen molar-refractivity contribution in [3.05, 3.63) is 40.5 Å². The molecule has 9 heteroatoms. The van der Waals surface area contributed by atoms with Gasteiger partial charge >= 0.3 is 0 Å². The van der Waals surface area contributed by atoms with Gasteiger partial charge in [0.25, 0.3) is 5.91 Å². The lowest BCUT2D eigenvalue weighted by atomic mass is 9.93. The Bertz CT molecular complexity index is 806. The lowest BCUT2D eigenvalue weighted by molar-refractivity contribution is 0.0614. The molecule has 0 unspecified atom stereocenters. The smallest absolute Gasteiger partial charge is 0.259 e. The predicted molar refractivity (Wildman–Crippen MR) is 92.4 cm³/mol. The van der Waals surface area contributed by atoms with Crippen LogP contribution >= 0.6 is 11.3 Å². The lowest BCUT2D eigenvalue weighted by Crippen LogP contribution is -2.41. The van der Waals surface area contributed by atoms with Crippen molar-refractivity contribution < 1.29 is 4.79 Å². The summed E-state index contributed by atoms with van der Waals surface area (Å²) in [7, 11) is 0. The molecule has 3 heterocycles. The second-order valence-electron chi connectivity index (χ2n) is 6.24. The number of H-pyrrole nitrogens is 1. The van der Waals surface area contributed by atoms with Crippen molar-refractivity contribution in [1.29, 1.82) is 0 Å². The molecule has 1 aliphatic rings. The van der Waals surface area contributed by atoms with Crippen LogP contribution in [-0.2, 0) is 6.54 Å². The van der Waals surface area contributed by atoms with Gasteiger partial charge in [0.2, 0.25) is 0 Å². The molecular weight excluding hydrogens is 338 g/mol. The summed E-state index contributed by atoms with van der Waals surface area (Å²) in [5.74, 6) is 0.471. The van der Waals surface area contributed by atoms with Gasteiger partial charge in [0.05, 0.1) is 6.20 Å². The van der Waals surface area contributed by atoms with Gasteiger partial charge in [-0.25, -0.2) is 0 Å². The molecular formula is C16H19N7OS. The fraction of sp³-hybridized carbons (Fsp3) is 0.438. The number of amides is 1. The van der Waals surface area contributed by atoms with E-state index < -0.39 is 0 Å². The largest absolute Gasteiger partial charge is 0.331 e. The Morgan fingerprint density at radius 2 is 2.24 bits per heavy atom. The van der Waals surface area contributed by atoms with Crippen LogP contribution < -0.4 is 0 Å². The highest BCUT2D eigenvalue weighted by molar-refractivity contribution is 7.07. The highest BCUT2D eigenvalue weighted by atomic mass is 32.1. The third-order valence-electron chi connectivity index (χ3n) is 4.64. The minimum Gasteiger partial charge on any atom is -0.331 e. The van der Waals surface area contributed by atoms with Gasteiger partial charge in [-0.05, 0) is 45.7 Å². The topological polar surface area (TPSA) is 92.6 Å². The van der Waals surface area contributed by atoms with Gasteiger partial charge in [-0.3, -0.25) is 9.89 Å². The maximum absolute atomic E-state index is 13.3. The number of carbonyl (C=O) groups is 1. The minimum absolute atomic E-state index is 0.0302. The maximum atomic E-state index is 13.3. The normalized spacial score (nSPS) is 15.4. The van der Waals surface area contributed by atoms with Gasteiger partial charge in [0.15, 0.2) is 5.82 Å². The van der Waals surface area contributed by atoms with Gasteiger partial charge < -0.3 is 4.90 Å². The molecule has 1 saturated carbocycles. The zero-order valence-corrected chi connectivity index (χ0v) is 14.5. The van der Waals surface area contributed by atoms with Crippen molar-refractivity contribution in [2.45, 2.75) is 44.7 Å². The molecule has 0 aliphatic heterocycles. The molecule has 1 N–H and O–H groups in total. The molecule has 0 saturated heterocycles. The number of rotatable bonds is 5. The zero-order valence-electron chi connectivity index (χ0n) is 13.7. The fourth-order valence-electron chi connectivity index (χ4n) is 3.37. The molecule has 0 radical (unpaired) electrons. The van der Waals surface area contributed by atoms with Crippen LogP contribution in [0, 0.1) is 0 Å². The molecule has 25 heavy (non-hydrogen) atoms. The first kappa shape index (κ1) is 15.9. The first-order valence-corrected chi connectivity index (χ1v) is 9.36. The standard InChI is InChI=1S/C16H19N7OS/c24-16(14-8-17-19-15(14)23-11-18-20-21-23)22(9-12-6-7-25-10-12)13-4-2-1-3-5-13/h6-8,10-11,13H,1-5,9H2,(H,17,19). The van der Waals surface area contributed by atoms with Gasteiger partial charge in [-0.2, -0.15) is 21.1 Å². The highest BCUT2D eigenvalue weighted by Gasteiger charge is 2.29. The minimum atomic E-state index is -0.0302. The summed E-state index contributed by atoms with van der Waals surface area (Å²) in [5, 5.41) is 22.1. The average molecular weight is 357 g/mol. The van der Waals surface area contributed by atoms with Crippen LogP contribution in [0.5, 0.6) is 0 Å². The van der Waals surface area contributed by atoms with E-state index in [1.807, 2.05) is 10.3 Å². The van der Waals surface area contributed by atoms with Crippen LogP contribution in [0.3, 0.4) is 0 Å². The highest BCUT2D eigenvalue weighted by Crippen LogP contribution is 2.27. The Kier molecular flexibility index (Phi) is 4.55. The van der Waals surface area contributed by atoms with Crippen LogP contribution in [0.4, 0.5) is 0 Å². The molecule has 130 valence electrons. The number of hydrogen-bond donors (Lipinski definition) is 1. The number of hydrogen-bond acceptors (Lipinski definition) is 6. The van der Waals surface area contributed by atoms with E-state index >= 15 is 0 Å². The predicted octanol–water partition coefficient (Wildman–Crippen LogP) is 2.42. The third kappa shape index (κ3) is 3.32. The average Bonchev–Trinajstić information content (AvgIpc) is 3.42. The van der Waals surface area contributed by atoms with E-state index in [0.29, 0.717) is 17.9 Å². The zero-order chi connectivity index (χ0) is 17.1. The van der Waals surface area contributed by atoms with Crippen LogP contribution in [-0.4, -0.2) is 47.3 Å². The summed E-state index contributed by atoms with van der Waals surface area (Å²) in [6.45, 7) is 0.618. The molecule has 1 fully saturated rings. The molecule has 1 amide bonds. The number of thiophene rings is 1. The van der Waals surface area contributed by atoms with Crippen LogP contribution in [0.1, 0.15) is 48.0 Å². The molecule has 1 aliphatic carbocycles. The molecule has 4 rings (SSSR count). The molecule has 3 aromatic rings. The van der Waals surface area contributed by atoms with Crippen molar-refractivity contribution >= 4 is 17.2 Å². The summed E-state index contributed by atoms with van der Waals surface area (Å²) >= 11 is 1.65. The van der Waals surface area contributed by atoms with E-state index in [1.54, 1.807) is 17.5 Å². The quantitative estimate of drug-likeness (QED) is 0.757. The van der Waals surface area contributed by atoms with Gasteiger partial charge in [-0.1, -0.05) is 19.3 Å². The number of nitrogens with zero attached hydrogens (tertiary/aromatic N) is 6. The molecule has 3 aromatic heterocycles. The van der Waals surface area contributed by atoms with E-state index in [-0.39, 0.29) is 11.9 Å². The second-order valence-corrected chi connectivity index (χ2v) is 7.02. The van der Waals surface area contributed by atoms with Gasteiger partial charge in [-0.15, -0.1) is 5.10 Å². The first-order valence-electron chi connectivity index (χ1n) is 8.41. The van der Waals surface area contributed by atoms with E-state index in [4.69, 9.17) is 0 Å². The Morgan fingerprint density at radius 1 is 1.36 bits per heavy atom. The summed E-state index contributed by atoms with van der Waals surface area (Å²) < 4.78 is 1.43. The van der Waals surface area contributed by atoms with E-state index in [2.05, 4.69) is 37.2 Å². The third-order valence-corrected chi connectivity index (χ3v) is 5.37. The number of aromatic amines is 1. The SMILES string of the molecule is O=C(c1cn[nH]c1-n1cnnn1)N(Cc1ccsc1)C1CCCCC1. The Hall–Kier alpha value is -2.55. The van der Waals surface area contributed by atoms with Crippen molar-refractivity contribution in [1.82, 2.24) is 35.3 Å². The fourth-order valence-corrected chi connectivity index (χ4v) is 4.03. The number of aromatic nitrogens is 6. The summed E-state index contributed by atoms with van der Waals surface area (Å²) in [4.78, 5) is 15.3. The Labute approximate surface area is 148 Å². The van der Waals surface area contributed by atoms with Crippen LogP contribution in [0.25, 0.3) is 5.82 Å². The molecule has 8 nitrogen and oxygen atoms in total. The van der Waals surface area contributed by atoms with E-state index in [0.717, 1.165) is 18.4 Å². The monoisotopic (exact) mass is 357 g/mol. The Morgan fingerprint density at radius 3 is 2.96 bits per heavy atom. The van der Waals surface area contributed by atoms with Crippen molar-refractivity contribution in [3.8, 4) is 5.82 Å². The number of carbonyl (C=O) groups excluding carboxylic acids is 1. The second kappa shape index (κ2) is 7.14. The molecule has 0 atom stereocenters. The van der Waals surface area contributed by atoms with E-state index in [9.17, 15) is 4.79 Å². The van der Waals surface area contributed by atoms with Gasteiger partial charge in [0, 0.05) is 12.6 Å². The lowest BCUT2D eigenvalue weighted by Gasteiger charge is -2.34. The van der Waals surface area contributed by atoms with Crippen LogP contribution in [0.15, 0.2) is 29.4 Å². The molecule has 0 bridgehead atoms. The summed E-state index contributed by atoms with van der Waals surface area (Å²) in [5.41, 5.74) is 1.66. The summed E-state index contributed by atoms with van der Waals surface area (Å²) in [6.07, 6.45) is 8.70. The molecule has 0 aromatic carbocycles. The van der Waals surface area contributed by atoms with Crippen molar-refractivity contribution in [3.63, 3.8) is 0 Å². The Balaban J connectivity index is 1.64. The van der Waals surface area contributed by atoms with Crippen molar-refractivity contribution in [2.24, 2.45) is 0 Å². The molecule has 0 spiro atoms. The first-order chi connectivity index (χ1) is 12.3. The van der Waals surface area contributed by atoms with Crippen molar-refractivity contribution in [2.75, 3.05) is 0 Å². The number of nitrogens with one attached hydrogen (secondary N) is 1. The van der Waals surface area contributed by atoms with Gasteiger partial charge in [0.1, 0.15) is 11.9 Å². The van der Waals surface area contributed by atoms with E-state index in [1.165, 1.54) is 30.3 Å². The maximum Gasteiger partial charge on any atom is 0.259 e. The number of tetrazole rings is 1. The van der Waals surface area contributed by atoms with Crippen LogP contribution in [0.2, 0.25) is 0 Å². The summed E-state index contributed by atoms with van der Waals surface area (Å²) in [6, 6.07) is 2.34.